The van der Waals surface area contributed by atoms with Crippen LogP contribution in [0.5, 0.6) is 0 Å². The number of halogens is 2. The van der Waals surface area contributed by atoms with Crippen molar-refractivity contribution < 1.29 is 9.21 Å². The fourth-order valence-electron chi connectivity index (χ4n) is 4.17. The minimum absolute atomic E-state index is 0.174. The van der Waals surface area contributed by atoms with Gasteiger partial charge in [0.05, 0.1) is 14.6 Å². The second-order valence-electron chi connectivity index (χ2n) is 8.26. The number of thiazole rings is 1. The summed E-state index contributed by atoms with van der Waals surface area (Å²) in [5.74, 6) is 0.837. The van der Waals surface area contributed by atoms with Gasteiger partial charge in [0.15, 0.2) is 10.6 Å². The molecule has 0 fully saturated rings. The van der Waals surface area contributed by atoms with E-state index in [2.05, 4.69) is 4.99 Å². The summed E-state index contributed by atoms with van der Waals surface area (Å²) in [6.07, 6.45) is 5.53. The van der Waals surface area contributed by atoms with Crippen LogP contribution in [0.3, 0.4) is 0 Å². The lowest BCUT2D eigenvalue weighted by Gasteiger charge is -2.22. The number of rotatable bonds is 5. The van der Waals surface area contributed by atoms with E-state index in [4.69, 9.17) is 27.6 Å². The monoisotopic (exact) mass is 534 g/mol. The van der Waals surface area contributed by atoms with Crippen LogP contribution in [0.4, 0.5) is 0 Å². The zero-order chi connectivity index (χ0) is 25.4. The van der Waals surface area contributed by atoms with Gasteiger partial charge in [0.2, 0.25) is 0 Å². The molecule has 4 aromatic rings. The predicted octanol–water partition coefficient (Wildman–Crippen LogP) is 6.06. The van der Waals surface area contributed by atoms with Gasteiger partial charge in [0.25, 0.3) is 5.56 Å². The lowest BCUT2D eigenvalue weighted by Crippen LogP contribution is -2.39. The number of allylic oxidation sites excluding steroid dienone is 3. The van der Waals surface area contributed by atoms with Gasteiger partial charge in [0.1, 0.15) is 17.6 Å². The Morgan fingerprint density at radius 1 is 1.08 bits per heavy atom. The molecule has 0 bridgehead atoms. The van der Waals surface area contributed by atoms with E-state index in [1.165, 1.54) is 22.8 Å². The zero-order valence-corrected chi connectivity index (χ0v) is 21.7. The summed E-state index contributed by atoms with van der Waals surface area (Å²) in [7, 11) is 0. The summed E-state index contributed by atoms with van der Waals surface area (Å²) >= 11 is 13.5. The first-order valence-electron chi connectivity index (χ1n) is 11.1. The Balaban J connectivity index is 1.61. The number of carbonyl (C=O) groups is 1. The highest BCUT2D eigenvalue weighted by Crippen LogP contribution is 2.35. The van der Waals surface area contributed by atoms with Crippen molar-refractivity contribution in [3.8, 4) is 11.3 Å². The highest BCUT2D eigenvalue weighted by atomic mass is 35.5. The highest BCUT2D eigenvalue weighted by molar-refractivity contribution is 7.07. The number of furan rings is 1. The van der Waals surface area contributed by atoms with Crippen LogP contribution in [-0.4, -0.2) is 10.4 Å². The molecule has 2 aromatic heterocycles. The van der Waals surface area contributed by atoms with Gasteiger partial charge in [-0.05, 0) is 55.8 Å². The number of Topliss-reactive ketones (excluding diaryl/α,β-unsaturated/α-hetero) is 1. The SMILES string of the molecule is CC(=O)C1=C(C)N=c2s/c(=C/C=C/c3ccccc3)c(=O)n2[C@@H]1c1ccc(-c2ccc(Cl)c(Cl)c2)o1. The van der Waals surface area contributed by atoms with Gasteiger partial charge in [-0.3, -0.25) is 14.2 Å². The minimum Gasteiger partial charge on any atom is -0.458 e. The van der Waals surface area contributed by atoms with E-state index < -0.39 is 6.04 Å². The Morgan fingerprint density at radius 2 is 1.86 bits per heavy atom. The summed E-state index contributed by atoms with van der Waals surface area (Å²) in [5.41, 5.74) is 2.51. The van der Waals surface area contributed by atoms with E-state index >= 15 is 0 Å². The van der Waals surface area contributed by atoms with Gasteiger partial charge in [-0.1, -0.05) is 77.0 Å². The maximum absolute atomic E-state index is 13.5. The number of hydrogen-bond donors (Lipinski definition) is 0. The van der Waals surface area contributed by atoms with Crippen molar-refractivity contribution in [2.75, 3.05) is 0 Å². The van der Waals surface area contributed by atoms with Crippen molar-refractivity contribution in [3.63, 3.8) is 0 Å². The quantitative estimate of drug-likeness (QED) is 0.312. The number of nitrogens with zero attached hydrogens (tertiary/aromatic N) is 2. The number of benzene rings is 2. The standard InChI is InChI=1S/C28H20Cl2N2O3S/c1-16-25(17(2)33)26(23-14-13-22(35-23)19-11-12-20(29)21(30)15-19)32-27(34)24(36-28(32)31-16)10-6-9-18-7-4-3-5-8-18/h3-15,26H,1-2H3/b9-6+,24-10+/t26-/m1/s1. The van der Waals surface area contributed by atoms with Crippen molar-refractivity contribution in [1.29, 1.82) is 0 Å². The third kappa shape index (κ3) is 4.55. The second-order valence-corrected chi connectivity index (χ2v) is 10.1. The Bertz CT molecular complexity index is 1730. The molecule has 0 saturated heterocycles. The molecule has 0 saturated carbocycles. The summed E-state index contributed by atoms with van der Waals surface area (Å²) < 4.78 is 8.23. The summed E-state index contributed by atoms with van der Waals surface area (Å²) in [5, 5.41) is 0.849. The molecule has 0 amide bonds. The van der Waals surface area contributed by atoms with Crippen molar-refractivity contribution in [2.24, 2.45) is 4.99 Å². The van der Waals surface area contributed by atoms with E-state index in [-0.39, 0.29) is 11.3 Å². The molecule has 0 radical (unpaired) electrons. The Morgan fingerprint density at radius 3 is 2.58 bits per heavy atom. The van der Waals surface area contributed by atoms with E-state index in [1.807, 2.05) is 42.5 Å². The molecule has 0 unspecified atom stereocenters. The molecule has 8 heteroatoms. The van der Waals surface area contributed by atoms with Crippen molar-refractivity contribution in [1.82, 2.24) is 4.57 Å². The molecule has 0 spiro atoms. The molecule has 1 aliphatic heterocycles. The zero-order valence-electron chi connectivity index (χ0n) is 19.4. The van der Waals surface area contributed by atoms with E-state index in [0.29, 0.717) is 42.2 Å². The van der Waals surface area contributed by atoms with Crippen molar-refractivity contribution in [2.45, 2.75) is 19.9 Å². The van der Waals surface area contributed by atoms with Crippen LogP contribution in [0.25, 0.3) is 23.5 Å². The highest BCUT2D eigenvalue weighted by Gasteiger charge is 2.33. The summed E-state index contributed by atoms with van der Waals surface area (Å²) in [6, 6.07) is 17.9. The van der Waals surface area contributed by atoms with E-state index in [0.717, 1.165) is 11.1 Å². The van der Waals surface area contributed by atoms with Crippen LogP contribution in [0.15, 0.2) is 92.2 Å². The summed E-state index contributed by atoms with van der Waals surface area (Å²) in [6.45, 7) is 3.25. The van der Waals surface area contributed by atoms with Crippen LogP contribution >= 0.6 is 34.5 Å². The first-order chi connectivity index (χ1) is 17.3. The molecule has 5 nitrogen and oxygen atoms in total. The molecule has 180 valence electrons. The average Bonchev–Trinajstić information content (AvgIpc) is 3.46. The van der Waals surface area contributed by atoms with Crippen molar-refractivity contribution >= 4 is 52.5 Å². The Kier molecular flexibility index (Phi) is 6.67. The number of carbonyl (C=O) groups excluding carboxylic acids is 1. The molecular weight excluding hydrogens is 515 g/mol. The molecule has 2 aromatic carbocycles. The topological polar surface area (TPSA) is 64.6 Å². The molecule has 1 atom stereocenters. The van der Waals surface area contributed by atoms with Crippen LogP contribution in [0, 0.1) is 0 Å². The number of fused-ring (bicyclic) bond motifs is 1. The van der Waals surface area contributed by atoms with Crippen molar-refractivity contribution in [3.05, 3.63) is 119 Å². The lowest BCUT2D eigenvalue weighted by atomic mass is 9.98. The third-order valence-electron chi connectivity index (χ3n) is 5.84. The Labute approximate surface area is 221 Å². The number of hydrogen-bond acceptors (Lipinski definition) is 5. The van der Waals surface area contributed by atoms with Gasteiger partial charge >= 0.3 is 0 Å². The van der Waals surface area contributed by atoms with Crippen LogP contribution in [-0.2, 0) is 4.79 Å². The molecule has 5 rings (SSSR count). The first-order valence-corrected chi connectivity index (χ1v) is 12.7. The summed E-state index contributed by atoms with van der Waals surface area (Å²) in [4.78, 5) is 31.3. The lowest BCUT2D eigenvalue weighted by molar-refractivity contribution is -0.114. The molecule has 0 aliphatic carbocycles. The number of ketones is 1. The average molecular weight is 535 g/mol. The normalized spacial score (nSPS) is 15.9. The molecule has 0 N–H and O–H groups in total. The van der Waals surface area contributed by atoms with Crippen LogP contribution < -0.4 is 14.9 Å². The van der Waals surface area contributed by atoms with Gasteiger partial charge in [-0.15, -0.1) is 0 Å². The van der Waals surface area contributed by atoms with Gasteiger partial charge in [-0.25, -0.2) is 4.99 Å². The maximum Gasteiger partial charge on any atom is 0.271 e. The smallest absolute Gasteiger partial charge is 0.271 e. The Hall–Kier alpha value is -3.45. The molecule has 3 heterocycles. The van der Waals surface area contributed by atoms with Gasteiger partial charge in [-0.2, -0.15) is 0 Å². The fourth-order valence-corrected chi connectivity index (χ4v) is 5.47. The van der Waals surface area contributed by atoms with Crippen LogP contribution in [0.1, 0.15) is 31.2 Å². The van der Waals surface area contributed by atoms with Crippen LogP contribution in [0.2, 0.25) is 10.0 Å². The third-order valence-corrected chi connectivity index (χ3v) is 7.58. The first kappa shape index (κ1) is 24.3. The number of aromatic nitrogens is 1. The maximum atomic E-state index is 13.5. The predicted molar refractivity (Wildman–Crippen MR) is 145 cm³/mol. The molecular formula is C28H20Cl2N2O3S. The largest absolute Gasteiger partial charge is 0.458 e. The van der Waals surface area contributed by atoms with E-state index in [9.17, 15) is 9.59 Å². The minimum atomic E-state index is -0.726. The second kappa shape index (κ2) is 9.90. The molecule has 36 heavy (non-hydrogen) atoms. The van der Waals surface area contributed by atoms with Gasteiger partial charge < -0.3 is 4.42 Å². The fraction of sp³-hybridized carbons (Fsp3) is 0.107. The molecule has 1 aliphatic rings. The van der Waals surface area contributed by atoms with E-state index in [1.54, 1.807) is 43.3 Å². The van der Waals surface area contributed by atoms with Gasteiger partial charge in [0, 0.05) is 16.8 Å².